The molecular formula is C25H34N2O2. The van der Waals surface area contributed by atoms with E-state index in [1.165, 1.54) is 5.56 Å². The van der Waals surface area contributed by atoms with Crippen molar-refractivity contribution in [1.29, 1.82) is 0 Å². The minimum Gasteiger partial charge on any atom is -0.350 e. The lowest BCUT2D eigenvalue weighted by molar-refractivity contribution is -0.142. The van der Waals surface area contributed by atoms with E-state index >= 15 is 0 Å². The Labute approximate surface area is 175 Å². The van der Waals surface area contributed by atoms with Gasteiger partial charge in [0.05, 0.1) is 0 Å². The molecule has 2 aromatic carbocycles. The lowest BCUT2D eigenvalue weighted by atomic mass is 10.0. The van der Waals surface area contributed by atoms with E-state index in [0.717, 1.165) is 11.1 Å². The summed E-state index contributed by atoms with van der Waals surface area (Å²) in [5.74, 6) is -0.0921. The Balaban J connectivity index is 2.21. The monoisotopic (exact) mass is 394 g/mol. The third kappa shape index (κ3) is 7.37. The van der Waals surface area contributed by atoms with Crippen molar-refractivity contribution < 1.29 is 9.59 Å². The number of nitrogens with zero attached hydrogens (tertiary/aromatic N) is 1. The number of benzene rings is 2. The zero-order valence-corrected chi connectivity index (χ0v) is 18.4. The van der Waals surface area contributed by atoms with Gasteiger partial charge in [0.25, 0.3) is 0 Å². The van der Waals surface area contributed by atoms with Gasteiger partial charge in [-0.05, 0) is 51.7 Å². The molecule has 0 radical (unpaired) electrons. The lowest BCUT2D eigenvalue weighted by Crippen LogP contribution is -2.53. The topological polar surface area (TPSA) is 49.4 Å². The molecule has 1 unspecified atom stereocenters. The molecule has 0 bridgehead atoms. The number of nitrogens with one attached hydrogen (secondary N) is 1. The summed E-state index contributed by atoms with van der Waals surface area (Å²) < 4.78 is 0. The molecule has 29 heavy (non-hydrogen) atoms. The van der Waals surface area contributed by atoms with Crippen molar-refractivity contribution in [3.05, 3.63) is 71.3 Å². The fourth-order valence-electron chi connectivity index (χ4n) is 3.30. The molecule has 2 amide bonds. The van der Waals surface area contributed by atoms with E-state index < -0.39 is 6.04 Å². The Bertz CT molecular complexity index is 792. The molecule has 1 N–H and O–H groups in total. The number of carbonyl (C=O) groups is 2. The first-order valence-electron chi connectivity index (χ1n) is 10.4. The molecule has 0 spiro atoms. The van der Waals surface area contributed by atoms with Gasteiger partial charge in [0, 0.05) is 18.5 Å². The summed E-state index contributed by atoms with van der Waals surface area (Å²) in [6.45, 7) is 10.3. The predicted molar refractivity (Wildman–Crippen MR) is 118 cm³/mol. The van der Waals surface area contributed by atoms with Crippen LogP contribution in [0.1, 0.15) is 57.2 Å². The van der Waals surface area contributed by atoms with Gasteiger partial charge in [-0.15, -0.1) is 0 Å². The van der Waals surface area contributed by atoms with Crippen molar-refractivity contribution in [3.8, 4) is 0 Å². The second-order valence-corrected chi connectivity index (χ2v) is 8.66. The molecule has 156 valence electrons. The molecule has 0 fully saturated rings. The minimum absolute atomic E-state index is 0.00494. The average molecular weight is 395 g/mol. The molecule has 0 heterocycles. The van der Waals surface area contributed by atoms with Gasteiger partial charge in [-0.2, -0.15) is 0 Å². The van der Waals surface area contributed by atoms with Gasteiger partial charge in [-0.3, -0.25) is 9.59 Å². The number of aryl methyl sites for hydroxylation is 2. The highest BCUT2D eigenvalue weighted by molar-refractivity contribution is 5.88. The van der Waals surface area contributed by atoms with Gasteiger partial charge in [0.2, 0.25) is 11.8 Å². The lowest BCUT2D eigenvalue weighted by Gasteiger charge is -2.33. The van der Waals surface area contributed by atoms with Crippen LogP contribution in [0.3, 0.4) is 0 Å². The van der Waals surface area contributed by atoms with Crippen molar-refractivity contribution in [3.63, 3.8) is 0 Å². The van der Waals surface area contributed by atoms with E-state index in [9.17, 15) is 9.59 Å². The standard InChI is InChI=1S/C25H34N2O2/c1-6-22(24(29)26-25(3,4)5)27(18-21-14-12-19(2)13-15-21)23(28)17-16-20-10-8-7-9-11-20/h7-15,22H,6,16-18H2,1-5H3,(H,26,29). The molecule has 4 heteroatoms. The Morgan fingerprint density at radius 1 is 0.966 bits per heavy atom. The summed E-state index contributed by atoms with van der Waals surface area (Å²) in [4.78, 5) is 27.9. The van der Waals surface area contributed by atoms with Crippen LogP contribution in [0.4, 0.5) is 0 Å². The SMILES string of the molecule is CCC(C(=O)NC(C)(C)C)N(Cc1ccc(C)cc1)C(=O)CCc1ccccc1. The largest absolute Gasteiger partial charge is 0.350 e. The molecule has 0 aromatic heterocycles. The van der Waals surface area contributed by atoms with E-state index in [-0.39, 0.29) is 17.4 Å². The molecule has 0 aliphatic carbocycles. The van der Waals surface area contributed by atoms with Gasteiger partial charge >= 0.3 is 0 Å². The molecule has 0 saturated heterocycles. The zero-order chi connectivity index (χ0) is 21.4. The number of hydrogen-bond donors (Lipinski definition) is 1. The van der Waals surface area contributed by atoms with Crippen LogP contribution in [0, 0.1) is 6.92 Å². The van der Waals surface area contributed by atoms with Crippen LogP contribution >= 0.6 is 0 Å². The quantitative estimate of drug-likeness (QED) is 0.708. The van der Waals surface area contributed by atoms with E-state index in [1.54, 1.807) is 4.90 Å². The highest BCUT2D eigenvalue weighted by Crippen LogP contribution is 2.16. The minimum atomic E-state index is -0.487. The molecule has 0 aliphatic heterocycles. The Morgan fingerprint density at radius 2 is 1.59 bits per heavy atom. The molecule has 0 aliphatic rings. The predicted octanol–water partition coefficient (Wildman–Crippen LogP) is 4.65. The molecule has 0 saturated carbocycles. The molecule has 2 rings (SSSR count). The van der Waals surface area contributed by atoms with Crippen LogP contribution in [-0.4, -0.2) is 28.3 Å². The molecule has 4 nitrogen and oxygen atoms in total. The third-order valence-electron chi connectivity index (χ3n) is 4.83. The summed E-state index contributed by atoms with van der Waals surface area (Å²) in [6, 6.07) is 17.6. The Morgan fingerprint density at radius 3 is 2.14 bits per heavy atom. The van der Waals surface area contributed by atoms with Crippen LogP contribution in [0.2, 0.25) is 0 Å². The Kier molecular flexibility index (Phi) is 8.00. The van der Waals surface area contributed by atoms with Crippen molar-refractivity contribution in [2.24, 2.45) is 0 Å². The third-order valence-corrected chi connectivity index (χ3v) is 4.83. The van der Waals surface area contributed by atoms with Gasteiger partial charge < -0.3 is 10.2 Å². The maximum absolute atomic E-state index is 13.2. The summed E-state index contributed by atoms with van der Waals surface area (Å²) >= 11 is 0. The highest BCUT2D eigenvalue weighted by atomic mass is 16.2. The van der Waals surface area contributed by atoms with Crippen LogP contribution in [0.25, 0.3) is 0 Å². The van der Waals surface area contributed by atoms with Crippen LogP contribution in [0.15, 0.2) is 54.6 Å². The van der Waals surface area contributed by atoms with E-state index in [1.807, 2.05) is 89.2 Å². The smallest absolute Gasteiger partial charge is 0.243 e. The highest BCUT2D eigenvalue weighted by Gasteiger charge is 2.30. The van der Waals surface area contributed by atoms with Crippen LogP contribution < -0.4 is 5.32 Å². The normalized spacial score (nSPS) is 12.3. The van der Waals surface area contributed by atoms with Crippen molar-refractivity contribution in [2.75, 3.05) is 0 Å². The number of carbonyl (C=O) groups excluding carboxylic acids is 2. The van der Waals surface area contributed by atoms with E-state index in [2.05, 4.69) is 5.32 Å². The maximum atomic E-state index is 13.2. The number of rotatable bonds is 8. The fourth-order valence-corrected chi connectivity index (χ4v) is 3.30. The molecular weight excluding hydrogens is 360 g/mol. The second kappa shape index (κ2) is 10.2. The van der Waals surface area contributed by atoms with Crippen molar-refractivity contribution in [2.45, 2.75) is 72.0 Å². The first-order valence-corrected chi connectivity index (χ1v) is 10.4. The summed E-state index contributed by atoms with van der Waals surface area (Å²) in [6.07, 6.45) is 1.63. The maximum Gasteiger partial charge on any atom is 0.243 e. The summed E-state index contributed by atoms with van der Waals surface area (Å²) in [5, 5.41) is 3.04. The van der Waals surface area contributed by atoms with Gasteiger partial charge in [0.15, 0.2) is 0 Å². The van der Waals surface area contributed by atoms with Crippen molar-refractivity contribution in [1.82, 2.24) is 10.2 Å². The summed E-state index contributed by atoms with van der Waals surface area (Å²) in [5.41, 5.74) is 3.00. The Hall–Kier alpha value is -2.62. The molecule has 2 aromatic rings. The van der Waals surface area contributed by atoms with Gasteiger partial charge in [0.1, 0.15) is 6.04 Å². The number of hydrogen-bond acceptors (Lipinski definition) is 2. The second-order valence-electron chi connectivity index (χ2n) is 8.66. The first kappa shape index (κ1) is 22.7. The molecule has 1 atom stereocenters. The van der Waals surface area contributed by atoms with Crippen molar-refractivity contribution >= 4 is 11.8 Å². The van der Waals surface area contributed by atoms with E-state index in [0.29, 0.717) is 25.8 Å². The van der Waals surface area contributed by atoms with Crippen LogP contribution in [-0.2, 0) is 22.6 Å². The van der Waals surface area contributed by atoms with E-state index in [4.69, 9.17) is 0 Å². The number of amides is 2. The average Bonchev–Trinajstić information content (AvgIpc) is 2.67. The fraction of sp³-hybridized carbons (Fsp3) is 0.440. The summed E-state index contributed by atoms with van der Waals surface area (Å²) in [7, 11) is 0. The van der Waals surface area contributed by atoms with Crippen LogP contribution in [0.5, 0.6) is 0 Å². The zero-order valence-electron chi connectivity index (χ0n) is 18.4. The van der Waals surface area contributed by atoms with Gasteiger partial charge in [-0.25, -0.2) is 0 Å². The van der Waals surface area contributed by atoms with Gasteiger partial charge in [-0.1, -0.05) is 67.1 Å². The first-order chi connectivity index (χ1) is 13.7.